The number of rotatable bonds is 11. The maximum atomic E-state index is 14.1. The molecule has 2 aromatic carbocycles. The van der Waals surface area contributed by atoms with Crippen LogP contribution in [0.1, 0.15) is 67.2 Å². The number of carbonyl (C=O) groups is 2. The highest BCUT2D eigenvalue weighted by Gasteiger charge is 2.42. The van der Waals surface area contributed by atoms with Gasteiger partial charge in [0.1, 0.15) is 5.75 Å². The van der Waals surface area contributed by atoms with Crippen LogP contribution in [-0.2, 0) is 24.2 Å². The van der Waals surface area contributed by atoms with E-state index in [0.29, 0.717) is 30.1 Å². The number of anilines is 3. The summed E-state index contributed by atoms with van der Waals surface area (Å²) in [7, 11) is -3.71. The fourth-order valence-electron chi connectivity index (χ4n) is 4.91. The van der Waals surface area contributed by atoms with Crippen LogP contribution in [-0.4, -0.2) is 45.5 Å². The average Bonchev–Trinajstić information content (AvgIpc) is 3.03. The van der Waals surface area contributed by atoms with Crippen molar-refractivity contribution in [1.82, 2.24) is 0 Å². The van der Waals surface area contributed by atoms with E-state index in [0.717, 1.165) is 29.8 Å². The number of thioether (sulfide) groups is 1. The summed E-state index contributed by atoms with van der Waals surface area (Å²) >= 11 is 1.43. The number of unbranched alkanes of at least 4 members (excludes halogenated alkanes) is 1. The molecule has 0 spiro atoms. The zero-order chi connectivity index (χ0) is 31.1. The van der Waals surface area contributed by atoms with Crippen molar-refractivity contribution >= 4 is 50.5 Å². The summed E-state index contributed by atoms with van der Waals surface area (Å²) in [4.78, 5) is 27.3. The van der Waals surface area contributed by atoms with Crippen LogP contribution in [0.5, 0.6) is 5.75 Å². The predicted octanol–water partition coefficient (Wildman–Crippen LogP) is 7.36. The number of sulfone groups is 1. The molecule has 1 N–H and O–H groups in total. The lowest BCUT2D eigenvalue weighted by atomic mass is 9.81. The van der Waals surface area contributed by atoms with Gasteiger partial charge >= 0.3 is 5.97 Å². The lowest BCUT2D eigenvalue weighted by molar-refractivity contribution is -0.137. The van der Waals surface area contributed by atoms with Crippen molar-refractivity contribution in [2.24, 2.45) is 10.8 Å². The number of benzene rings is 2. The maximum absolute atomic E-state index is 14.1. The minimum absolute atomic E-state index is 0.0242. The molecule has 0 saturated carbocycles. The second kappa shape index (κ2) is 14.0. The Morgan fingerprint density at radius 3 is 2.38 bits per heavy atom. The van der Waals surface area contributed by atoms with E-state index in [1.807, 2.05) is 57.4 Å². The summed E-state index contributed by atoms with van der Waals surface area (Å²) in [6, 6.07) is 11.0. The van der Waals surface area contributed by atoms with Crippen molar-refractivity contribution in [3.63, 3.8) is 0 Å². The van der Waals surface area contributed by atoms with Crippen LogP contribution in [0.3, 0.4) is 0 Å². The SMILES string of the molecule is CCCCC1(CC)CN(c2ccc(NC(=O)C(C)(C)C)cc2)c2cc(SC)c(O/C=C/C(=O)OCC)cc2S(=O)(=O)C1. The van der Waals surface area contributed by atoms with Crippen molar-refractivity contribution in [2.75, 3.05) is 35.4 Å². The molecule has 0 aromatic heterocycles. The van der Waals surface area contributed by atoms with Crippen LogP contribution in [0.4, 0.5) is 17.1 Å². The summed E-state index contributed by atoms with van der Waals surface area (Å²) in [6.07, 6.45) is 7.67. The minimum Gasteiger partial charge on any atom is -0.464 e. The number of carbonyl (C=O) groups excluding carboxylic acids is 2. The molecule has 230 valence electrons. The second-order valence-corrected chi connectivity index (χ2v) is 14.5. The zero-order valence-corrected chi connectivity index (χ0v) is 27.4. The van der Waals surface area contributed by atoms with E-state index in [4.69, 9.17) is 9.47 Å². The van der Waals surface area contributed by atoms with Gasteiger partial charge in [0.25, 0.3) is 0 Å². The summed E-state index contributed by atoms with van der Waals surface area (Å²) < 4.78 is 38.8. The van der Waals surface area contributed by atoms with Crippen molar-refractivity contribution < 1.29 is 27.5 Å². The first-order valence-electron chi connectivity index (χ1n) is 14.4. The van der Waals surface area contributed by atoms with Crippen molar-refractivity contribution in [3.8, 4) is 5.75 Å². The molecule has 1 unspecified atom stereocenters. The molecule has 0 saturated heterocycles. The minimum atomic E-state index is -3.71. The van der Waals surface area contributed by atoms with Crippen LogP contribution in [0.2, 0.25) is 0 Å². The molecule has 0 fully saturated rings. The van der Waals surface area contributed by atoms with Crippen molar-refractivity contribution in [2.45, 2.75) is 77.0 Å². The number of fused-ring (bicyclic) bond motifs is 1. The van der Waals surface area contributed by atoms with E-state index in [1.54, 1.807) is 13.0 Å². The van der Waals surface area contributed by atoms with Gasteiger partial charge in [-0.2, -0.15) is 0 Å². The zero-order valence-electron chi connectivity index (χ0n) is 25.8. The third-order valence-corrected chi connectivity index (χ3v) is 10.2. The number of ether oxygens (including phenoxy) is 2. The van der Waals surface area contributed by atoms with Gasteiger partial charge in [-0.05, 0) is 56.4 Å². The van der Waals surface area contributed by atoms with Crippen LogP contribution in [0, 0.1) is 10.8 Å². The quantitative estimate of drug-likeness (QED) is 0.121. The monoisotopic (exact) mass is 616 g/mol. The molecule has 1 aliphatic heterocycles. The van der Waals surface area contributed by atoms with Crippen molar-refractivity contribution in [3.05, 3.63) is 48.7 Å². The number of hydrogen-bond acceptors (Lipinski definition) is 8. The van der Waals surface area contributed by atoms with E-state index in [9.17, 15) is 18.0 Å². The molecule has 42 heavy (non-hydrogen) atoms. The summed E-state index contributed by atoms with van der Waals surface area (Å²) in [6.45, 7) is 12.2. The maximum Gasteiger partial charge on any atom is 0.333 e. The normalized spacial score (nSPS) is 18.3. The lowest BCUT2D eigenvalue weighted by Crippen LogP contribution is -2.38. The largest absolute Gasteiger partial charge is 0.464 e. The molecule has 2 aromatic rings. The highest BCUT2D eigenvalue weighted by atomic mass is 32.2. The Labute approximate surface area is 255 Å². The van der Waals surface area contributed by atoms with Gasteiger partial charge < -0.3 is 19.7 Å². The topological polar surface area (TPSA) is 102 Å². The van der Waals surface area contributed by atoms with Gasteiger partial charge in [-0.25, -0.2) is 13.2 Å². The third-order valence-electron chi connectivity index (χ3n) is 7.48. The van der Waals surface area contributed by atoms with Gasteiger partial charge in [-0.1, -0.05) is 47.5 Å². The fraction of sp³-hybridized carbons (Fsp3) is 0.500. The van der Waals surface area contributed by atoms with Gasteiger partial charge in [0.05, 0.1) is 40.2 Å². The van der Waals surface area contributed by atoms with Crippen LogP contribution in [0.25, 0.3) is 0 Å². The Hall–Kier alpha value is -2.98. The van der Waals surface area contributed by atoms with Crippen molar-refractivity contribution in [1.29, 1.82) is 0 Å². The summed E-state index contributed by atoms with van der Waals surface area (Å²) in [5, 5.41) is 2.96. The lowest BCUT2D eigenvalue weighted by Gasteiger charge is -2.36. The molecule has 1 atom stereocenters. The summed E-state index contributed by atoms with van der Waals surface area (Å²) in [5.41, 5.74) is 1.10. The first-order valence-corrected chi connectivity index (χ1v) is 17.3. The van der Waals surface area contributed by atoms with E-state index in [1.165, 1.54) is 24.1 Å². The number of nitrogens with one attached hydrogen (secondary N) is 1. The Morgan fingerprint density at radius 2 is 1.81 bits per heavy atom. The summed E-state index contributed by atoms with van der Waals surface area (Å²) in [5.74, 6) is -0.248. The number of esters is 1. The first kappa shape index (κ1) is 33.5. The van der Waals surface area contributed by atoms with Crippen LogP contribution in [0.15, 0.2) is 58.5 Å². The number of amides is 1. The van der Waals surface area contributed by atoms with Gasteiger partial charge in [0.2, 0.25) is 5.91 Å². The van der Waals surface area contributed by atoms with E-state index < -0.39 is 26.6 Å². The van der Waals surface area contributed by atoms with Gasteiger partial charge in [0, 0.05) is 34.8 Å². The van der Waals surface area contributed by atoms with Gasteiger partial charge in [0.15, 0.2) is 9.84 Å². The molecular weight excluding hydrogens is 572 g/mol. The van der Waals surface area contributed by atoms with Gasteiger partial charge in [-0.3, -0.25) is 4.79 Å². The Morgan fingerprint density at radius 1 is 1.12 bits per heavy atom. The molecule has 10 heteroatoms. The third kappa shape index (κ3) is 8.10. The average molecular weight is 617 g/mol. The number of nitrogens with zero attached hydrogens (tertiary/aromatic N) is 1. The van der Waals surface area contributed by atoms with Crippen LogP contribution < -0.4 is 15.0 Å². The second-order valence-electron chi connectivity index (χ2n) is 11.7. The molecule has 1 aliphatic rings. The Balaban J connectivity index is 2.14. The highest BCUT2D eigenvalue weighted by molar-refractivity contribution is 7.98. The smallest absolute Gasteiger partial charge is 0.333 e. The molecule has 1 amide bonds. The van der Waals surface area contributed by atoms with Gasteiger partial charge in [-0.15, -0.1) is 11.8 Å². The predicted molar refractivity (Wildman–Crippen MR) is 170 cm³/mol. The first-order chi connectivity index (χ1) is 19.8. The van der Waals surface area contributed by atoms with E-state index in [2.05, 4.69) is 24.1 Å². The molecule has 3 rings (SSSR count). The van der Waals surface area contributed by atoms with E-state index >= 15 is 0 Å². The Bertz CT molecular complexity index is 1400. The standard InChI is InChI=1S/C32H44N2O6S2/c1-8-11-17-32(9-2)21-34(24-14-12-23(13-15-24)33-30(36)31(4,5)6)25-19-27(41-7)26(20-28(25)42(37,38)22-32)40-18-16-29(35)39-10-3/h12-16,18-20H,8-11,17,21-22H2,1-7H3,(H,33,36)/b18-16+. The highest BCUT2D eigenvalue weighted by Crippen LogP contribution is 2.47. The molecule has 0 bridgehead atoms. The Kier molecular flexibility index (Phi) is 11.2. The van der Waals surface area contributed by atoms with E-state index in [-0.39, 0.29) is 23.2 Å². The molecule has 8 nitrogen and oxygen atoms in total. The van der Waals surface area contributed by atoms with Crippen LogP contribution >= 0.6 is 11.8 Å². The molecule has 1 heterocycles. The molecule has 0 aliphatic carbocycles. The number of hydrogen-bond donors (Lipinski definition) is 1. The molecular formula is C32H44N2O6S2. The fourth-order valence-corrected chi connectivity index (χ4v) is 7.62. The molecule has 0 radical (unpaired) electrons.